The maximum Gasteiger partial charge on any atom is 0.167 e. The highest BCUT2D eigenvalue weighted by molar-refractivity contribution is 7.80. The zero-order chi connectivity index (χ0) is 9.14. The van der Waals surface area contributed by atoms with Gasteiger partial charge in [0, 0.05) is 16.6 Å². The number of rotatable bonds is 2. The van der Waals surface area contributed by atoms with Crippen molar-refractivity contribution in [2.75, 3.05) is 12.3 Å². The summed E-state index contributed by atoms with van der Waals surface area (Å²) in [6.45, 7) is 2.21. The minimum atomic E-state index is -0.452. The fraction of sp³-hybridized carbons (Fsp3) is 0.250. The molecule has 0 amide bonds. The molecule has 2 nitrogen and oxygen atoms in total. The third-order valence-corrected chi connectivity index (χ3v) is 1.77. The van der Waals surface area contributed by atoms with Crippen LogP contribution < -0.4 is 10.5 Å². The third-order valence-electron chi connectivity index (χ3n) is 1.38. The molecular weight excluding hydrogens is 177 g/mol. The van der Waals surface area contributed by atoms with Crippen LogP contribution in [0.1, 0.15) is 6.92 Å². The van der Waals surface area contributed by atoms with Crippen LogP contribution in [-0.2, 0) is 0 Å². The lowest BCUT2D eigenvalue weighted by molar-refractivity contribution is 0.321. The van der Waals surface area contributed by atoms with Gasteiger partial charge < -0.3 is 10.5 Å². The molecule has 0 aromatic heterocycles. The Balaban J connectivity index is 3.05. The van der Waals surface area contributed by atoms with Gasteiger partial charge in [-0.05, 0) is 13.0 Å². The van der Waals surface area contributed by atoms with Gasteiger partial charge in [-0.2, -0.15) is 0 Å². The van der Waals surface area contributed by atoms with Gasteiger partial charge in [-0.3, -0.25) is 0 Å². The topological polar surface area (TPSA) is 35.2 Å². The first-order valence-corrected chi connectivity index (χ1v) is 4.00. The number of hydrogen-bond acceptors (Lipinski definition) is 3. The first-order valence-electron chi connectivity index (χ1n) is 3.56. The molecule has 4 heteroatoms. The number of nitrogens with two attached hydrogens (primary N) is 1. The van der Waals surface area contributed by atoms with E-state index in [1.54, 1.807) is 6.92 Å². The molecule has 66 valence electrons. The molecule has 12 heavy (non-hydrogen) atoms. The van der Waals surface area contributed by atoms with E-state index in [1.807, 2.05) is 0 Å². The predicted octanol–water partition coefficient (Wildman–Crippen LogP) is 2.10. The van der Waals surface area contributed by atoms with E-state index in [0.29, 0.717) is 17.2 Å². The molecule has 0 spiro atoms. The Labute approximate surface area is 75.9 Å². The van der Waals surface area contributed by atoms with Crippen molar-refractivity contribution < 1.29 is 9.13 Å². The summed E-state index contributed by atoms with van der Waals surface area (Å²) in [5.41, 5.74) is 5.73. The molecule has 0 aliphatic carbocycles. The molecule has 1 aromatic rings. The lowest BCUT2D eigenvalue weighted by Gasteiger charge is -2.06. The van der Waals surface area contributed by atoms with Crippen LogP contribution in [-0.4, -0.2) is 6.61 Å². The first-order chi connectivity index (χ1) is 5.65. The summed E-state index contributed by atoms with van der Waals surface area (Å²) in [6, 6.07) is 2.67. The van der Waals surface area contributed by atoms with E-state index >= 15 is 0 Å². The quantitative estimate of drug-likeness (QED) is 0.549. The van der Waals surface area contributed by atoms with Gasteiger partial charge in [0.25, 0.3) is 0 Å². The second-order valence-electron chi connectivity index (χ2n) is 2.27. The maximum atomic E-state index is 13.0. The van der Waals surface area contributed by atoms with Crippen LogP contribution in [0.3, 0.4) is 0 Å². The maximum absolute atomic E-state index is 13.0. The van der Waals surface area contributed by atoms with Crippen molar-refractivity contribution in [3.05, 3.63) is 17.9 Å². The highest BCUT2D eigenvalue weighted by Gasteiger charge is 2.05. The van der Waals surface area contributed by atoms with Crippen molar-refractivity contribution in [2.45, 2.75) is 11.8 Å². The zero-order valence-electron chi connectivity index (χ0n) is 6.67. The summed E-state index contributed by atoms with van der Waals surface area (Å²) in [4.78, 5) is 0.528. The number of benzene rings is 1. The van der Waals surface area contributed by atoms with E-state index in [-0.39, 0.29) is 5.75 Å². The summed E-state index contributed by atoms with van der Waals surface area (Å²) >= 11 is 4.04. The molecule has 0 saturated heterocycles. The van der Waals surface area contributed by atoms with Crippen molar-refractivity contribution in [3.63, 3.8) is 0 Å². The van der Waals surface area contributed by atoms with Crippen molar-refractivity contribution in [3.8, 4) is 5.75 Å². The fourth-order valence-electron chi connectivity index (χ4n) is 0.824. The summed E-state index contributed by atoms with van der Waals surface area (Å²) in [5.74, 6) is -0.260. The molecular formula is C8H10FNOS. The fourth-order valence-corrected chi connectivity index (χ4v) is 1.01. The van der Waals surface area contributed by atoms with E-state index in [1.165, 1.54) is 12.1 Å². The lowest BCUT2D eigenvalue weighted by Crippen LogP contribution is -1.96. The van der Waals surface area contributed by atoms with E-state index < -0.39 is 5.82 Å². The van der Waals surface area contributed by atoms with Gasteiger partial charge in [0.1, 0.15) is 0 Å². The van der Waals surface area contributed by atoms with E-state index in [9.17, 15) is 4.39 Å². The number of ether oxygens (including phenoxy) is 1. The molecule has 0 heterocycles. The Hall–Kier alpha value is -0.900. The van der Waals surface area contributed by atoms with E-state index in [0.717, 1.165) is 0 Å². The van der Waals surface area contributed by atoms with Crippen LogP contribution in [0.2, 0.25) is 0 Å². The average molecular weight is 187 g/mol. The summed E-state index contributed by atoms with van der Waals surface area (Å²) < 4.78 is 18.0. The number of halogens is 1. The number of thiol groups is 1. The molecule has 0 aliphatic rings. The highest BCUT2D eigenvalue weighted by atomic mass is 32.1. The summed E-state index contributed by atoms with van der Waals surface area (Å²) in [7, 11) is 0. The Morgan fingerprint density at radius 1 is 1.58 bits per heavy atom. The highest BCUT2D eigenvalue weighted by Crippen LogP contribution is 2.26. The van der Waals surface area contributed by atoms with Crippen LogP contribution in [0.4, 0.5) is 10.1 Å². The van der Waals surface area contributed by atoms with Crippen LogP contribution in [0.15, 0.2) is 17.0 Å². The average Bonchev–Trinajstić information content (AvgIpc) is 2.01. The van der Waals surface area contributed by atoms with Crippen LogP contribution in [0, 0.1) is 5.82 Å². The normalized spacial score (nSPS) is 9.92. The van der Waals surface area contributed by atoms with Gasteiger partial charge in [0.05, 0.1) is 6.61 Å². The lowest BCUT2D eigenvalue weighted by atomic mass is 10.3. The molecule has 0 saturated carbocycles. The monoisotopic (exact) mass is 187 g/mol. The second kappa shape index (κ2) is 3.67. The molecule has 0 aliphatic heterocycles. The van der Waals surface area contributed by atoms with Gasteiger partial charge >= 0.3 is 0 Å². The molecule has 0 atom stereocenters. The Morgan fingerprint density at radius 3 is 2.83 bits per heavy atom. The van der Waals surface area contributed by atoms with Crippen molar-refractivity contribution >= 4 is 18.3 Å². The van der Waals surface area contributed by atoms with Crippen molar-refractivity contribution in [2.24, 2.45) is 0 Å². The summed E-state index contributed by atoms with van der Waals surface area (Å²) in [5, 5.41) is 0. The predicted molar refractivity (Wildman–Crippen MR) is 49.2 cm³/mol. The first kappa shape index (κ1) is 9.19. The molecule has 0 radical (unpaired) electrons. The number of nitrogen functional groups attached to an aromatic ring is 1. The SMILES string of the molecule is CCOc1cc(S)c(N)cc1F. The minimum Gasteiger partial charge on any atom is -0.491 e. The van der Waals surface area contributed by atoms with E-state index in [4.69, 9.17) is 10.5 Å². The van der Waals surface area contributed by atoms with Crippen molar-refractivity contribution in [1.82, 2.24) is 0 Å². The van der Waals surface area contributed by atoms with Gasteiger partial charge in [-0.1, -0.05) is 0 Å². The van der Waals surface area contributed by atoms with Gasteiger partial charge in [-0.25, -0.2) is 4.39 Å². The van der Waals surface area contributed by atoms with Gasteiger partial charge in [0.15, 0.2) is 11.6 Å². The third kappa shape index (κ3) is 1.82. The van der Waals surface area contributed by atoms with Gasteiger partial charge in [-0.15, -0.1) is 12.6 Å². The van der Waals surface area contributed by atoms with Gasteiger partial charge in [0.2, 0.25) is 0 Å². The van der Waals surface area contributed by atoms with Crippen LogP contribution in [0.25, 0.3) is 0 Å². The Kier molecular flexibility index (Phi) is 2.81. The molecule has 2 N–H and O–H groups in total. The Morgan fingerprint density at radius 2 is 2.25 bits per heavy atom. The second-order valence-corrected chi connectivity index (χ2v) is 2.76. The molecule has 1 aromatic carbocycles. The molecule has 0 unspecified atom stereocenters. The summed E-state index contributed by atoms with van der Waals surface area (Å²) in [6.07, 6.45) is 0. The van der Waals surface area contributed by atoms with E-state index in [2.05, 4.69) is 12.6 Å². The molecule has 1 rings (SSSR count). The standard InChI is InChI=1S/C8H10FNOS/c1-2-11-7-4-8(12)6(10)3-5(7)9/h3-4,12H,2,10H2,1H3. The minimum absolute atomic E-state index is 0.191. The van der Waals surface area contributed by atoms with Crippen LogP contribution >= 0.6 is 12.6 Å². The largest absolute Gasteiger partial charge is 0.491 e. The zero-order valence-corrected chi connectivity index (χ0v) is 7.57. The smallest absolute Gasteiger partial charge is 0.167 e. The Bertz CT molecular complexity index is 291. The molecule has 0 fully saturated rings. The molecule has 0 bridgehead atoms. The van der Waals surface area contributed by atoms with Crippen molar-refractivity contribution in [1.29, 1.82) is 0 Å². The van der Waals surface area contributed by atoms with Crippen LogP contribution in [0.5, 0.6) is 5.75 Å². The number of anilines is 1. The number of hydrogen-bond donors (Lipinski definition) is 2.